The summed E-state index contributed by atoms with van der Waals surface area (Å²) in [4.78, 5) is 22.3. The number of nitro groups is 1. The number of nitro benzene ring substituents is 1. The molecule has 7 heteroatoms. The molecule has 0 heterocycles. The van der Waals surface area contributed by atoms with E-state index in [4.69, 9.17) is 5.11 Å². The van der Waals surface area contributed by atoms with Crippen LogP contribution < -0.4 is 0 Å². The lowest BCUT2D eigenvalue weighted by atomic mass is 10.2. The Bertz CT molecular complexity index is 705. The molecule has 0 aromatic heterocycles. The van der Waals surface area contributed by atoms with Crippen molar-refractivity contribution in [1.29, 1.82) is 0 Å². The van der Waals surface area contributed by atoms with Crippen LogP contribution in [0.15, 0.2) is 51.8 Å². The van der Waals surface area contributed by atoms with Gasteiger partial charge < -0.3 is 5.11 Å². The highest BCUT2D eigenvalue weighted by atomic mass is 79.9. The van der Waals surface area contributed by atoms with Gasteiger partial charge >= 0.3 is 5.97 Å². The van der Waals surface area contributed by atoms with Gasteiger partial charge in [0.15, 0.2) is 0 Å². The molecule has 0 unspecified atom stereocenters. The first-order valence-corrected chi connectivity index (χ1v) is 7.65. The van der Waals surface area contributed by atoms with Gasteiger partial charge in [0.05, 0.1) is 10.5 Å². The molecule has 5 nitrogen and oxygen atoms in total. The smallest absolute Gasteiger partial charge is 0.336 e. The van der Waals surface area contributed by atoms with Crippen LogP contribution in [-0.4, -0.2) is 16.0 Å². The van der Waals surface area contributed by atoms with Crippen LogP contribution in [0.5, 0.6) is 0 Å². The Morgan fingerprint density at radius 3 is 2.67 bits per heavy atom. The van der Waals surface area contributed by atoms with Gasteiger partial charge in [-0.1, -0.05) is 34.1 Å². The molecular weight excluding hydrogens is 358 g/mol. The highest BCUT2D eigenvalue weighted by Gasteiger charge is 2.16. The van der Waals surface area contributed by atoms with Crippen molar-refractivity contribution in [2.45, 2.75) is 10.6 Å². The average molecular weight is 368 g/mol. The van der Waals surface area contributed by atoms with Crippen LogP contribution >= 0.6 is 27.7 Å². The molecule has 0 fully saturated rings. The zero-order valence-electron chi connectivity index (χ0n) is 10.7. The quantitative estimate of drug-likeness (QED) is 0.482. The maximum absolute atomic E-state index is 11.1. The summed E-state index contributed by atoms with van der Waals surface area (Å²) < 4.78 is 0.633. The Morgan fingerprint density at radius 1 is 1.29 bits per heavy atom. The second-order valence-corrected chi connectivity index (χ2v) is 6.05. The van der Waals surface area contributed by atoms with Crippen molar-refractivity contribution in [1.82, 2.24) is 0 Å². The van der Waals surface area contributed by atoms with Crippen LogP contribution in [0.2, 0.25) is 0 Å². The number of aromatic carboxylic acids is 1. The highest BCUT2D eigenvalue weighted by molar-refractivity contribution is 9.10. The van der Waals surface area contributed by atoms with E-state index in [0.29, 0.717) is 20.7 Å². The van der Waals surface area contributed by atoms with Gasteiger partial charge in [0.1, 0.15) is 0 Å². The first-order chi connectivity index (χ1) is 9.99. The number of carboxylic acids is 1. The van der Waals surface area contributed by atoms with Gasteiger partial charge in [0.25, 0.3) is 5.69 Å². The summed E-state index contributed by atoms with van der Waals surface area (Å²) in [6.07, 6.45) is 0. The van der Waals surface area contributed by atoms with Crippen molar-refractivity contribution >= 4 is 39.3 Å². The van der Waals surface area contributed by atoms with Crippen molar-refractivity contribution in [2.24, 2.45) is 0 Å². The number of hydrogen-bond donors (Lipinski definition) is 1. The minimum absolute atomic E-state index is 0.0182. The highest BCUT2D eigenvalue weighted by Crippen LogP contribution is 2.31. The predicted octanol–water partition coefficient (Wildman–Crippen LogP) is 4.35. The normalized spacial score (nSPS) is 10.3. The summed E-state index contributed by atoms with van der Waals surface area (Å²) in [6, 6.07) is 11.4. The number of rotatable bonds is 5. The van der Waals surface area contributed by atoms with E-state index in [1.807, 2.05) is 0 Å². The summed E-state index contributed by atoms with van der Waals surface area (Å²) >= 11 is 4.47. The van der Waals surface area contributed by atoms with E-state index in [-0.39, 0.29) is 11.3 Å². The van der Waals surface area contributed by atoms with Gasteiger partial charge in [-0.25, -0.2) is 4.79 Å². The Kier molecular flexibility index (Phi) is 4.98. The van der Waals surface area contributed by atoms with Crippen LogP contribution in [0, 0.1) is 10.1 Å². The maximum Gasteiger partial charge on any atom is 0.336 e. The van der Waals surface area contributed by atoms with Crippen molar-refractivity contribution in [3.8, 4) is 0 Å². The summed E-state index contributed by atoms with van der Waals surface area (Å²) in [7, 11) is 0. The minimum Gasteiger partial charge on any atom is -0.478 e. The zero-order valence-corrected chi connectivity index (χ0v) is 13.1. The van der Waals surface area contributed by atoms with Gasteiger partial charge in [-0.05, 0) is 18.2 Å². The molecule has 2 rings (SSSR count). The van der Waals surface area contributed by atoms with E-state index in [9.17, 15) is 14.9 Å². The van der Waals surface area contributed by atoms with Gasteiger partial charge in [-0.2, -0.15) is 0 Å². The van der Waals surface area contributed by atoms with Gasteiger partial charge in [-0.15, -0.1) is 11.8 Å². The number of carbonyl (C=O) groups is 1. The fourth-order valence-corrected chi connectivity index (χ4v) is 3.14. The molecule has 0 saturated heterocycles. The lowest BCUT2D eigenvalue weighted by Crippen LogP contribution is -1.99. The van der Waals surface area contributed by atoms with Gasteiger partial charge in [0, 0.05) is 26.8 Å². The second kappa shape index (κ2) is 6.73. The Balaban J connectivity index is 2.25. The lowest BCUT2D eigenvalue weighted by molar-refractivity contribution is -0.385. The zero-order chi connectivity index (χ0) is 15.4. The lowest BCUT2D eigenvalue weighted by Gasteiger charge is -2.06. The Hall–Kier alpha value is -1.86. The molecule has 2 aromatic rings. The van der Waals surface area contributed by atoms with E-state index >= 15 is 0 Å². The molecule has 1 N–H and O–H groups in total. The predicted molar refractivity (Wildman–Crippen MR) is 83.8 cm³/mol. The molecule has 0 bridgehead atoms. The third kappa shape index (κ3) is 3.83. The number of carboxylic acid groups (broad SMARTS) is 1. The van der Waals surface area contributed by atoms with E-state index in [1.54, 1.807) is 30.3 Å². The average Bonchev–Trinajstić information content (AvgIpc) is 2.46. The molecule has 0 saturated carbocycles. The number of benzene rings is 2. The maximum atomic E-state index is 11.1. The van der Waals surface area contributed by atoms with Crippen LogP contribution in [0.1, 0.15) is 15.9 Å². The standard InChI is InChI=1S/C14H10BrNO4S/c15-10-6-5-9(12(7-10)16(19)20)8-21-13-4-2-1-3-11(13)14(17)18/h1-7H,8H2,(H,17,18). The van der Waals surface area contributed by atoms with Crippen LogP contribution in [0.3, 0.4) is 0 Å². The van der Waals surface area contributed by atoms with E-state index < -0.39 is 10.9 Å². The van der Waals surface area contributed by atoms with Crippen molar-refractivity contribution in [2.75, 3.05) is 0 Å². The summed E-state index contributed by atoms with van der Waals surface area (Å²) in [5.41, 5.74) is 0.764. The SMILES string of the molecule is O=C(O)c1ccccc1SCc1ccc(Br)cc1[N+](=O)[O-]. The molecule has 0 spiro atoms. The van der Waals surface area contributed by atoms with E-state index in [2.05, 4.69) is 15.9 Å². The Morgan fingerprint density at radius 2 is 2.00 bits per heavy atom. The molecule has 108 valence electrons. The fraction of sp³-hybridized carbons (Fsp3) is 0.0714. The van der Waals surface area contributed by atoms with Crippen molar-refractivity contribution < 1.29 is 14.8 Å². The largest absolute Gasteiger partial charge is 0.478 e. The molecule has 2 aromatic carbocycles. The van der Waals surface area contributed by atoms with Crippen LogP contribution in [0.4, 0.5) is 5.69 Å². The monoisotopic (exact) mass is 367 g/mol. The van der Waals surface area contributed by atoms with Gasteiger partial charge in [0.2, 0.25) is 0 Å². The molecule has 0 aliphatic heterocycles. The van der Waals surface area contributed by atoms with Crippen molar-refractivity contribution in [3.63, 3.8) is 0 Å². The third-order valence-corrected chi connectivity index (χ3v) is 4.36. The summed E-state index contributed by atoms with van der Waals surface area (Å²) in [5, 5.41) is 20.2. The van der Waals surface area contributed by atoms with Crippen LogP contribution in [0.25, 0.3) is 0 Å². The summed E-state index contributed by atoms with van der Waals surface area (Å²) in [6.45, 7) is 0. The first-order valence-electron chi connectivity index (χ1n) is 5.87. The molecule has 0 atom stereocenters. The molecule has 0 radical (unpaired) electrons. The molecule has 0 aliphatic rings. The van der Waals surface area contributed by atoms with Crippen molar-refractivity contribution in [3.05, 3.63) is 68.2 Å². The van der Waals surface area contributed by atoms with Gasteiger partial charge in [-0.3, -0.25) is 10.1 Å². The number of nitrogens with zero attached hydrogens (tertiary/aromatic N) is 1. The molecule has 21 heavy (non-hydrogen) atoms. The second-order valence-electron chi connectivity index (χ2n) is 4.12. The van der Waals surface area contributed by atoms with Crippen LogP contribution in [-0.2, 0) is 5.75 Å². The fourth-order valence-electron chi connectivity index (χ4n) is 1.75. The number of hydrogen-bond acceptors (Lipinski definition) is 4. The summed E-state index contributed by atoms with van der Waals surface area (Å²) in [5.74, 6) is -0.683. The molecule has 0 aliphatic carbocycles. The van der Waals surface area contributed by atoms with E-state index in [0.717, 1.165) is 0 Å². The molecular formula is C14H10BrNO4S. The Labute approximate surface area is 133 Å². The topological polar surface area (TPSA) is 80.4 Å². The third-order valence-electron chi connectivity index (χ3n) is 2.74. The number of halogens is 1. The van der Waals surface area contributed by atoms with E-state index in [1.165, 1.54) is 23.9 Å². The first kappa shape index (κ1) is 15.5. The number of thioether (sulfide) groups is 1. The molecule has 0 amide bonds. The minimum atomic E-state index is -1.01.